The first kappa shape index (κ1) is 37.6. The van der Waals surface area contributed by atoms with Gasteiger partial charge in [-0.3, -0.25) is 14.4 Å². The molecule has 4 rings (SSSR count). The molecule has 13 heteroatoms. The van der Waals surface area contributed by atoms with Crippen LogP contribution in [-0.4, -0.2) is 51.8 Å². The van der Waals surface area contributed by atoms with Gasteiger partial charge in [-0.25, -0.2) is 9.59 Å². The molecule has 0 saturated carbocycles. The quantitative estimate of drug-likeness (QED) is 0.0352. The van der Waals surface area contributed by atoms with Crippen LogP contribution < -0.4 is 16.2 Å². The maximum Gasteiger partial charge on any atom is 0.336 e. The summed E-state index contributed by atoms with van der Waals surface area (Å²) in [6, 6.07) is 13.5. The second-order valence-electron chi connectivity index (χ2n) is 11.8. The number of aromatic hydroxyl groups is 1. The second kappa shape index (κ2) is 19.1. The number of aldehydes is 1. The maximum atomic E-state index is 12.7. The Morgan fingerprint density at radius 3 is 2.28 bits per heavy atom. The summed E-state index contributed by atoms with van der Waals surface area (Å²) >= 11 is 1.51. The number of rotatable bonds is 19. The van der Waals surface area contributed by atoms with Crippen LogP contribution in [0.2, 0.25) is 0 Å². The van der Waals surface area contributed by atoms with Crippen LogP contribution in [0.4, 0.5) is 5.69 Å². The topological polar surface area (TPSA) is 189 Å². The van der Waals surface area contributed by atoms with Gasteiger partial charge in [0.05, 0.1) is 11.3 Å². The van der Waals surface area contributed by atoms with Gasteiger partial charge in [-0.15, -0.1) is 0 Å². The third kappa shape index (κ3) is 11.2. The summed E-state index contributed by atoms with van der Waals surface area (Å²) in [5, 5.41) is 23.5. The Morgan fingerprint density at radius 2 is 1.54 bits per heavy atom. The first-order chi connectivity index (χ1) is 24.2. The van der Waals surface area contributed by atoms with Gasteiger partial charge in [-0.05, 0) is 60.6 Å². The lowest BCUT2D eigenvalue weighted by Gasteiger charge is -2.17. The number of carboxylic acids is 1. The smallest absolute Gasteiger partial charge is 0.336 e. The fourth-order valence-electron chi connectivity index (χ4n) is 5.47. The van der Waals surface area contributed by atoms with Crippen LogP contribution >= 0.6 is 11.8 Å². The number of unbranched alkanes of at least 4 members (excludes halogenated alkanes) is 7. The molecule has 264 valence electrons. The fraction of sp³-hybridized carbons (Fsp3) is 0.351. The van der Waals surface area contributed by atoms with Gasteiger partial charge in [-0.1, -0.05) is 44.6 Å². The third-order valence-electron chi connectivity index (χ3n) is 7.90. The van der Waals surface area contributed by atoms with E-state index in [9.17, 15) is 39.0 Å². The summed E-state index contributed by atoms with van der Waals surface area (Å²) in [5.41, 5.74) is 3.79. The molecule has 0 aromatic heterocycles. The number of carbonyl (C=O) groups is 5. The van der Waals surface area contributed by atoms with E-state index in [1.807, 2.05) is 5.48 Å². The number of amides is 2. The molecule has 0 spiro atoms. The average molecular weight is 705 g/mol. The number of hydroxylamine groups is 1. The van der Waals surface area contributed by atoms with Crippen molar-refractivity contribution in [1.29, 1.82) is 0 Å². The van der Waals surface area contributed by atoms with Gasteiger partial charge in [0.15, 0.2) is 5.43 Å². The van der Waals surface area contributed by atoms with Crippen molar-refractivity contribution in [3.63, 3.8) is 0 Å². The predicted octanol–water partition coefficient (Wildman–Crippen LogP) is 6.70. The lowest BCUT2D eigenvalue weighted by atomic mass is 9.90. The van der Waals surface area contributed by atoms with E-state index < -0.39 is 17.8 Å². The molecule has 12 nitrogen and oxygen atoms in total. The SMILES string of the molecule is O=CCCC(=O)NOC(=O)CCCCCCCCCCSCC(=O)Nc1ccc(-c2c3ccc(=O)cc-3oc3cc(O)ccc23)c(C(=O)O)c1. The Hall–Kier alpha value is -5.17. The van der Waals surface area contributed by atoms with Crippen molar-refractivity contribution < 1.29 is 43.4 Å². The second-order valence-corrected chi connectivity index (χ2v) is 12.9. The Bertz CT molecular complexity index is 1850. The van der Waals surface area contributed by atoms with Crippen LogP contribution in [0.25, 0.3) is 33.4 Å². The fourth-order valence-corrected chi connectivity index (χ4v) is 6.28. The molecule has 0 fully saturated rings. The third-order valence-corrected chi connectivity index (χ3v) is 8.94. The van der Waals surface area contributed by atoms with E-state index in [-0.39, 0.29) is 59.0 Å². The van der Waals surface area contributed by atoms with Gasteiger partial charge in [0.25, 0.3) is 5.91 Å². The van der Waals surface area contributed by atoms with Crippen molar-refractivity contribution in [1.82, 2.24) is 5.48 Å². The zero-order valence-electron chi connectivity index (χ0n) is 27.5. The highest BCUT2D eigenvalue weighted by Gasteiger charge is 2.22. The molecule has 1 aliphatic carbocycles. The van der Waals surface area contributed by atoms with Crippen LogP contribution in [0.1, 0.15) is 81.0 Å². The van der Waals surface area contributed by atoms with E-state index in [4.69, 9.17) is 4.42 Å². The van der Waals surface area contributed by atoms with E-state index in [0.29, 0.717) is 40.5 Å². The van der Waals surface area contributed by atoms with E-state index in [2.05, 4.69) is 10.2 Å². The molecule has 0 atom stereocenters. The monoisotopic (exact) mass is 704 g/mol. The minimum absolute atomic E-state index is 0.0101. The largest absolute Gasteiger partial charge is 0.508 e. The molecule has 1 heterocycles. The number of fused-ring (bicyclic) bond motifs is 2. The molecule has 0 bridgehead atoms. The molecule has 2 aromatic rings. The molecular formula is C37H40N2O10S. The molecule has 1 aliphatic heterocycles. The summed E-state index contributed by atoms with van der Waals surface area (Å²) < 4.78 is 5.87. The first-order valence-electron chi connectivity index (χ1n) is 16.5. The lowest BCUT2D eigenvalue weighted by Crippen LogP contribution is -2.26. The zero-order chi connectivity index (χ0) is 35.9. The van der Waals surface area contributed by atoms with Crippen LogP contribution in [0, 0.1) is 0 Å². The van der Waals surface area contributed by atoms with Gasteiger partial charge < -0.3 is 29.6 Å². The van der Waals surface area contributed by atoms with E-state index >= 15 is 0 Å². The highest BCUT2D eigenvalue weighted by molar-refractivity contribution is 7.99. The number of phenols is 1. The first-order valence-corrected chi connectivity index (χ1v) is 17.7. The molecule has 2 aromatic carbocycles. The minimum Gasteiger partial charge on any atom is -0.508 e. The summed E-state index contributed by atoms with van der Waals surface area (Å²) in [6.45, 7) is 0. The number of hydrogen-bond acceptors (Lipinski definition) is 10. The van der Waals surface area contributed by atoms with Gasteiger partial charge >= 0.3 is 11.9 Å². The standard InChI is InChI=1S/C37H40N2O10S/c40-18-9-10-33(43)39-49-35(45)11-7-5-3-1-2-4-6-8-19-50-23-34(44)38-24-12-15-27(30(20-24)37(46)47)36-28-16-13-25(41)21-31(28)48-32-22-26(42)14-17-29(32)36/h12-18,20-22,41H,1-11,19,23H2,(H,38,44)(H,39,43)(H,46,47). The Balaban J connectivity index is 1.18. The van der Waals surface area contributed by atoms with E-state index in [1.165, 1.54) is 42.1 Å². The van der Waals surface area contributed by atoms with Crippen molar-refractivity contribution in [2.75, 3.05) is 16.8 Å². The van der Waals surface area contributed by atoms with E-state index in [1.54, 1.807) is 24.3 Å². The molecular weight excluding hydrogens is 664 g/mol. The highest BCUT2D eigenvalue weighted by atomic mass is 32.2. The Labute approximate surface area is 292 Å². The summed E-state index contributed by atoms with van der Waals surface area (Å²) in [7, 11) is 0. The van der Waals surface area contributed by atoms with E-state index in [0.717, 1.165) is 50.7 Å². The summed E-state index contributed by atoms with van der Waals surface area (Å²) in [5.74, 6) is -1.17. The Morgan fingerprint density at radius 1 is 0.820 bits per heavy atom. The number of aromatic carboxylic acids is 1. The van der Waals surface area contributed by atoms with Gasteiger partial charge in [0, 0.05) is 53.6 Å². The number of carbonyl (C=O) groups excluding carboxylic acids is 4. The molecule has 2 aliphatic rings. The normalized spacial score (nSPS) is 11.0. The van der Waals surface area contributed by atoms with Crippen LogP contribution in [-0.2, 0) is 24.0 Å². The molecule has 0 radical (unpaired) electrons. The lowest BCUT2D eigenvalue weighted by molar-refractivity contribution is -0.158. The molecule has 2 amide bonds. The van der Waals surface area contributed by atoms with Crippen molar-refractivity contribution >= 4 is 58.5 Å². The molecule has 0 saturated heterocycles. The zero-order valence-corrected chi connectivity index (χ0v) is 28.4. The Kier molecular flexibility index (Phi) is 14.4. The van der Waals surface area contributed by atoms with Crippen LogP contribution in [0.15, 0.2) is 63.8 Å². The van der Waals surface area contributed by atoms with Gasteiger partial charge in [0.2, 0.25) is 5.91 Å². The molecule has 0 unspecified atom stereocenters. The number of benzene rings is 3. The maximum absolute atomic E-state index is 12.7. The number of anilines is 1. The number of nitrogens with one attached hydrogen (secondary N) is 2. The van der Waals surface area contributed by atoms with Crippen molar-refractivity contribution in [3.8, 4) is 28.2 Å². The number of carboxylic acid groups (broad SMARTS) is 1. The minimum atomic E-state index is -1.19. The van der Waals surface area contributed by atoms with Crippen molar-refractivity contribution in [2.24, 2.45) is 0 Å². The molecule has 50 heavy (non-hydrogen) atoms. The van der Waals surface area contributed by atoms with Crippen molar-refractivity contribution in [2.45, 2.75) is 70.6 Å². The number of phenolic OH excluding ortho intramolecular Hbond substituents is 1. The summed E-state index contributed by atoms with van der Waals surface area (Å²) in [4.78, 5) is 75.0. The number of hydrogen-bond donors (Lipinski definition) is 4. The highest BCUT2D eigenvalue weighted by Crippen LogP contribution is 2.42. The average Bonchev–Trinajstić information content (AvgIpc) is 3.09. The summed E-state index contributed by atoms with van der Waals surface area (Å²) in [6.07, 6.45) is 8.72. The predicted molar refractivity (Wildman–Crippen MR) is 190 cm³/mol. The van der Waals surface area contributed by atoms with Crippen molar-refractivity contribution in [3.05, 3.63) is 70.4 Å². The van der Waals surface area contributed by atoms with Gasteiger partial charge in [0.1, 0.15) is 23.4 Å². The van der Waals surface area contributed by atoms with Crippen LogP contribution in [0.3, 0.4) is 0 Å². The van der Waals surface area contributed by atoms with Crippen LogP contribution in [0.5, 0.6) is 5.75 Å². The number of thioether (sulfide) groups is 1. The molecule has 4 N–H and O–H groups in total. The van der Waals surface area contributed by atoms with Gasteiger partial charge in [-0.2, -0.15) is 17.2 Å².